The highest BCUT2D eigenvalue weighted by Gasteiger charge is 2.62. The Morgan fingerprint density at radius 2 is 1.96 bits per heavy atom. The molecule has 1 N–H and O–H groups in total. The van der Waals surface area contributed by atoms with Gasteiger partial charge in [0.15, 0.2) is 5.60 Å². The maximum absolute atomic E-state index is 12.1. The number of carbonyl (C=O) groups is 2. The molecule has 0 amide bonds. The zero-order chi connectivity index (χ0) is 17.1. The van der Waals surface area contributed by atoms with Gasteiger partial charge in [-0.05, 0) is 52.0 Å². The van der Waals surface area contributed by atoms with E-state index < -0.39 is 17.6 Å². The van der Waals surface area contributed by atoms with Gasteiger partial charge in [-0.15, -0.1) is 0 Å². The van der Waals surface area contributed by atoms with Gasteiger partial charge in [-0.1, -0.05) is 6.92 Å². The highest BCUT2D eigenvalue weighted by atomic mass is 16.6. The van der Waals surface area contributed by atoms with Crippen LogP contribution in [0.5, 0.6) is 0 Å². The SMILES string of the molecule is C[C@H]1C[C@@H]([C@H]2CC[C@@H]3N2CCCC[C@]32OC(=O)[C@H](C)[C@H]2O)OC1=O. The van der Waals surface area contributed by atoms with Gasteiger partial charge < -0.3 is 14.6 Å². The van der Waals surface area contributed by atoms with Crippen molar-refractivity contribution in [3.05, 3.63) is 0 Å². The van der Waals surface area contributed by atoms with Crippen LogP contribution in [0.25, 0.3) is 0 Å². The number of cyclic esters (lactones) is 1. The molecule has 4 aliphatic heterocycles. The first kappa shape index (κ1) is 16.3. The Bertz CT molecular complexity index is 552. The molecule has 4 fully saturated rings. The van der Waals surface area contributed by atoms with E-state index in [-0.39, 0.29) is 36.0 Å². The largest absolute Gasteiger partial charge is 0.460 e. The van der Waals surface area contributed by atoms with Gasteiger partial charge >= 0.3 is 11.9 Å². The molecule has 0 aromatic heterocycles. The molecule has 134 valence electrons. The van der Waals surface area contributed by atoms with Crippen molar-refractivity contribution >= 4 is 11.9 Å². The van der Waals surface area contributed by atoms with Gasteiger partial charge in [-0.25, -0.2) is 0 Å². The molecule has 4 heterocycles. The molecule has 7 atom stereocenters. The van der Waals surface area contributed by atoms with E-state index in [0.717, 1.165) is 45.1 Å². The quantitative estimate of drug-likeness (QED) is 0.726. The van der Waals surface area contributed by atoms with Crippen molar-refractivity contribution in [3.63, 3.8) is 0 Å². The summed E-state index contributed by atoms with van der Waals surface area (Å²) in [7, 11) is 0. The van der Waals surface area contributed by atoms with E-state index in [0.29, 0.717) is 0 Å². The molecule has 24 heavy (non-hydrogen) atoms. The first-order valence-electron chi connectivity index (χ1n) is 9.31. The average Bonchev–Trinajstić information content (AvgIpc) is 3.13. The molecule has 0 saturated carbocycles. The molecule has 0 unspecified atom stereocenters. The summed E-state index contributed by atoms with van der Waals surface area (Å²) >= 11 is 0. The van der Waals surface area contributed by atoms with E-state index in [1.54, 1.807) is 6.92 Å². The van der Waals surface area contributed by atoms with Crippen molar-refractivity contribution in [2.75, 3.05) is 6.54 Å². The second-order valence-electron chi connectivity index (χ2n) is 8.08. The Labute approximate surface area is 142 Å². The molecule has 6 heteroatoms. The molecule has 0 bridgehead atoms. The van der Waals surface area contributed by atoms with Gasteiger partial charge in [0.25, 0.3) is 0 Å². The third kappa shape index (κ3) is 2.22. The summed E-state index contributed by atoms with van der Waals surface area (Å²) in [6.45, 7) is 4.59. The lowest BCUT2D eigenvalue weighted by molar-refractivity contribution is -0.160. The van der Waals surface area contributed by atoms with E-state index in [9.17, 15) is 14.7 Å². The third-order valence-corrected chi connectivity index (χ3v) is 6.68. The van der Waals surface area contributed by atoms with Crippen molar-refractivity contribution < 1.29 is 24.2 Å². The fourth-order valence-corrected chi connectivity index (χ4v) is 5.35. The maximum Gasteiger partial charge on any atom is 0.312 e. The van der Waals surface area contributed by atoms with E-state index in [4.69, 9.17) is 9.47 Å². The van der Waals surface area contributed by atoms with Crippen molar-refractivity contribution in [1.82, 2.24) is 4.90 Å². The van der Waals surface area contributed by atoms with E-state index in [1.165, 1.54) is 0 Å². The lowest BCUT2D eigenvalue weighted by Gasteiger charge is -2.41. The second-order valence-corrected chi connectivity index (χ2v) is 8.08. The number of fused-ring (bicyclic) bond motifs is 2. The molecule has 6 nitrogen and oxygen atoms in total. The first-order chi connectivity index (χ1) is 11.4. The zero-order valence-electron chi connectivity index (χ0n) is 14.4. The van der Waals surface area contributed by atoms with Crippen LogP contribution in [0.3, 0.4) is 0 Å². The van der Waals surface area contributed by atoms with E-state index in [2.05, 4.69) is 4.90 Å². The summed E-state index contributed by atoms with van der Waals surface area (Å²) in [5.74, 6) is -0.888. The minimum Gasteiger partial charge on any atom is -0.460 e. The predicted octanol–water partition coefficient (Wildman–Crippen LogP) is 1.25. The summed E-state index contributed by atoms with van der Waals surface area (Å²) in [6, 6.07) is 0.212. The number of hydrogen-bond acceptors (Lipinski definition) is 6. The molecule has 4 saturated heterocycles. The molecule has 0 radical (unpaired) electrons. The fourth-order valence-electron chi connectivity index (χ4n) is 5.35. The first-order valence-corrected chi connectivity index (χ1v) is 9.31. The van der Waals surface area contributed by atoms with Crippen molar-refractivity contribution in [2.45, 2.75) is 82.3 Å². The van der Waals surface area contributed by atoms with Gasteiger partial charge in [0, 0.05) is 6.04 Å². The van der Waals surface area contributed by atoms with Gasteiger partial charge in [-0.2, -0.15) is 0 Å². The molecule has 0 aromatic carbocycles. The normalized spacial score (nSPS) is 49.1. The van der Waals surface area contributed by atoms with E-state index in [1.807, 2.05) is 6.92 Å². The third-order valence-electron chi connectivity index (χ3n) is 6.68. The summed E-state index contributed by atoms with van der Waals surface area (Å²) in [5, 5.41) is 10.8. The number of carbonyl (C=O) groups excluding carboxylic acids is 2. The van der Waals surface area contributed by atoms with Crippen molar-refractivity contribution in [3.8, 4) is 0 Å². The molecule has 0 aromatic rings. The minimum atomic E-state index is -0.782. The highest BCUT2D eigenvalue weighted by Crippen LogP contribution is 2.48. The van der Waals surface area contributed by atoms with Crippen molar-refractivity contribution in [1.29, 1.82) is 0 Å². The Kier molecular flexibility index (Phi) is 3.88. The molecular weight excluding hydrogens is 310 g/mol. The van der Waals surface area contributed by atoms with Crippen LogP contribution in [0.2, 0.25) is 0 Å². The summed E-state index contributed by atoms with van der Waals surface area (Å²) in [6.07, 6.45) is 4.43. The van der Waals surface area contributed by atoms with Gasteiger partial charge in [0.1, 0.15) is 12.2 Å². The Hall–Kier alpha value is -1.14. The minimum absolute atomic E-state index is 0.0310. The van der Waals surface area contributed by atoms with Crippen LogP contribution in [0.15, 0.2) is 0 Å². The second kappa shape index (κ2) is 5.70. The zero-order valence-corrected chi connectivity index (χ0v) is 14.4. The number of hydrogen-bond donors (Lipinski definition) is 1. The lowest BCUT2D eigenvalue weighted by atomic mass is 9.80. The average molecular weight is 337 g/mol. The van der Waals surface area contributed by atoms with E-state index >= 15 is 0 Å². The number of esters is 2. The summed E-state index contributed by atoms with van der Waals surface area (Å²) in [5.41, 5.74) is -0.782. The highest BCUT2D eigenvalue weighted by molar-refractivity contribution is 5.76. The number of nitrogens with zero attached hydrogens (tertiary/aromatic N) is 1. The Morgan fingerprint density at radius 3 is 2.58 bits per heavy atom. The maximum atomic E-state index is 12.1. The van der Waals surface area contributed by atoms with Crippen LogP contribution in [0.1, 0.15) is 52.4 Å². The van der Waals surface area contributed by atoms with Crippen LogP contribution in [-0.4, -0.2) is 58.4 Å². The number of ether oxygens (including phenoxy) is 2. The van der Waals surface area contributed by atoms with Crippen LogP contribution >= 0.6 is 0 Å². The number of aliphatic hydroxyl groups is 1. The van der Waals surface area contributed by atoms with Gasteiger partial charge in [-0.3, -0.25) is 14.5 Å². The standard InChI is InChI=1S/C18H27NO5/c1-10-9-13(23-16(10)21)12-5-6-14-18(7-3-4-8-19(12)14)15(20)11(2)17(22)24-18/h10-15,20H,3-9H2,1-2H3/t10-,11+,12+,13-,14-,15+,18-/m0/s1. The predicted molar refractivity (Wildman–Crippen MR) is 85.0 cm³/mol. The molecule has 4 rings (SSSR count). The molecule has 1 spiro atoms. The van der Waals surface area contributed by atoms with Crippen LogP contribution in [0, 0.1) is 11.8 Å². The smallest absolute Gasteiger partial charge is 0.312 e. The monoisotopic (exact) mass is 337 g/mol. The number of aliphatic hydroxyl groups excluding tert-OH is 1. The molecular formula is C18H27NO5. The number of rotatable bonds is 1. The lowest BCUT2D eigenvalue weighted by Crippen LogP contribution is -2.57. The fraction of sp³-hybridized carbons (Fsp3) is 0.889. The molecule has 0 aliphatic carbocycles. The van der Waals surface area contributed by atoms with Gasteiger partial charge in [0.05, 0.1) is 17.9 Å². The Morgan fingerprint density at radius 1 is 1.17 bits per heavy atom. The van der Waals surface area contributed by atoms with Gasteiger partial charge in [0.2, 0.25) is 0 Å². The van der Waals surface area contributed by atoms with Crippen LogP contribution in [0.4, 0.5) is 0 Å². The topological polar surface area (TPSA) is 76.1 Å². The van der Waals surface area contributed by atoms with Crippen molar-refractivity contribution in [2.24, 2.45) is 11.8 Å². The Balaban J connectivity index is 1.61. The summed E-state index contributed by atoms with van der Waals surface area (Å²) < 4.78 is 11.4. The molecule has 4 aliphatic rings. The van der Waals surface area contributed by atoms with Crippen LogP contribution in [-0.2, 0) is 19.1 Å². The summed E-state index contributed by atoms with van der Waals surface area (Å²) in [4.78, 5) is 26.3. The van der Waals surface area contributed by atoms with Crippen LogP contribution < -0.4 is 0 Å².